The molecule has 1 N–H and O–H groups in total. The molecule has 0 heterocycles. The predicted octanol–water partition coefficient (Wildman–Crippen LogP) is 8.45. The molecule has 2 aromatic carbocycles. The van der Waals surface area contributed by atoms with Crippen molar-refractivity contribution in [3.8, 4) is 16.9 Å². The summed E-state index contributed by atoms with van der Waals surface area (Å²) in [5.41, 5.74) is 3.64. The largest absolute Gasteiger partial charge is 0.494 e. The molecule has 32 heavy (non-hydrogen) atoms. The van der Waals surface area contributed by atoms with E-state index in [1.54, 1.807) is 0 Å². The summed E-state index contributed by atoms with van der Waals surface area (Å²) in [6, 6.07) is 16.9. The number of hydrogen-bond donors (Lipinski definition) is 1. The number of hydrogen-bond acceptors (Lipinski definition) is 2. The fourth-order valence-electron chi connectivity index (χ4n) is 3.99. The Morgan fingerprint density at radius 2 is 1.22 bits per heavy atom. The molecule has 0 unspecified atom stereocenters. The second-order valence-corrected chi connectivity index (χ2v) is 8.85. The van der Waals surface area contributed by atoms with Crippen molar-refractivity contribution in [3.05, 3.63) is 54.1 Å². The molecule has 0 saturated carbocycles. The van der Waals surface area contributed by atoms with Crippen molar-refractivity contribution in [2.75, 3.05) is 6.61 Å². The second-order valence-electron chi connectivity index (χ2n) is 8.85. The fourth-order valence-corrected chi connectivity index (χ4v) is 3.99. The first kappa shape index (κ1) is 26.0. The van der Waals surface area contributed by atoms with Gasteiger partial charge < -0.3 is 9.84 Å². The monoisotopic (exact) mass is 438 g/mol. The van der Waals surface area contributed by atoms with E-state index in [0.29, 0.717) is 0 Å². The Hall–Kier alpha value is -2.29. The first-order valence-electron chi connectivity index (χ1n) is 12.7. The summed E-state index contributed by atoms with van der Waals surface area (Å²) in [4.78, 5) is 10.6. The van der Waals surface area contributed by atoms with Gasteiger partial charge in [-0.1, -0.05) is 101 Å². The van der Waals surface area contributed by atoms with Crippen LogP contribution in [0, 0.1) is 0 Å². The number of benzene rings is 2. The maximum atomic E-state index is 10.6. The van der Waals surface area contributed by atoms with Gasteiger partial charge in [-0.05, 0) is 54.5 Å². The van der Waals surface area contributed by atoms with Crippen molar-refractivity contribution in [3.63, 3.8) is 0 Å². The van der Waals surface area contributed by atoms with Gasteiger partial charge in [0.2, 0.25) is 0 Å². The minimum absolute atomic E-state index is 0.256. The first-order chi connectivity index (χ1) is 15.7. The average Bonchev–Trinajstić information content (AvgIpc) is 2.81. The van der Waals surface area contributed by atoms with Crippen LogP contribution in [-0.4, -0.2) is 17.7 Å². The summed E-state index contributed by atoms with van der Waals surface area (Å²) in [7, 11) is 0. The third kappa shape index (κ3) is 11.4. The number of aliphatic carboxylic acids is 1. The molecule has 0 aliphatic heterocycles. The van der Waals surface area contributed by atoms with E-state index < -0.39 is 5.97 Å². The molecular weight excluding hydrogens is 396 g/mol. The smallest absolute Gasteiger partial charge is 0.303 e. The molecule has 2 aromatic rings. The van der Waals surface area contributed by atoms with Gasteiger partial charge in [-0.3, -0.25) is 4.79 Å². The summed E-state index contributed by atoms with van der Waals surface area (Å²) in [5, 5.41) is 8.71. The molecule has 176 valence electrons. The normalized spacial score (nSPS) is 10.9. The molecular formula is C29H42O3. The van der Waals surface area contributed by atoms with Crippen molar-refractivity contribution in [2.24, 2.45) is 0 Å². The van der Waals surface area contributed by atoms with Crippen molar-refractivity contribution < 1.29 is 14.6 Å². The maximum Gasteiger partial charge on any atom is 0.303 e. The van der Waals surface area contributed by atoms with Gasteiger partial charge in [0.05, 0.1) is 6.61 Å². The van der Waals surface area contributed by atoms with Gasteiger partial charge in [-0.15, -0.1) is 0 Å². The number of rotatable bonds is 18. The lowest BCUT2D eigenvalue weighted by molar-refractivity contribution is -0.137. The Balaban J connectivity index is 1.59. The van der Waals surface area contributed by atoms with Crippen LogP contribution in [-0.2, 0) is 11.2 Å². The van der Waals surface area contributed by atoms with Gasteiger partial charge in [0.1, 0.15) is 5.75 Å². The van der Waals surface area contributed by atoms with Crippen LogP contribution in [0.2, 0.25) is 0 Å². The number of ether oxygens (including phenoxy) is 1. The molecule has 0 amide bonds. The summed E-state index contributed by atoms with van der Waals surface area (Å²) in [6.07, 6.45) is 16.2. The topological polar surface area (TPSA) is 46.5 Å². The van der Waals surface area contributed by atoms with Gasteiger partial charge in [-0.2, -0.15) is 0 Å². The molecule has 3 nitrogen and oxygen atoms in total. The third-order valence-corrected chi connectivity index (χ3v) is 6.01. The Labute approximate surface area is 195 Å². The minimum atomic E-state index is -0.712. The van der Waals surface area contributed by atoms with E-state index in [0.717, 1.165) is 38.0 Å². The maximum absolute atomic E-state index is 10.6. The predicted molar refractivity (Wildman–Crippen MR) is 134 cm³/mol. The van der Waals surface area contributed by atoms with E-state index in [1.807, 2.05) is 0 Å². The molecule has 0 bridgehead atoms. The molecule has 0 spiro atoms. The molecule has 0 aromatic heterocycles. The first-order valence-corrected chi connectivity index (χ1v) is 12.7. The Kier molecular flexibility index (Phi) is 13.3. The number of unbranched alkanes of at least 4 members (excludes halogenated alkanes) is 10. The molecule has 0 fully saturated rings. The van der Waals surface area contributed by atoms with E-state index in [-0.39, 0.29) is 6.42 Å². The SMILES string of the molecule is CCCCCCCCCCCCOc1ccc(-c2ccc(CCCCC(=O)O)cc2)cc1. The van der Waals surface area contributed by atoms with Crippen molar-refractivity contribution >= 4 is 5.97 Å². The van der Waals surface area contributed by atoms with Crippen molar-refractivity contribution in [1.29, 1.82) is 0 Å². The van der Waals surface area contributed by atoms with Crippen LogP contribution in [0.5, 0.6) is 5.75 Å². The summed E-state index contributed by atoms with van der Waals surface area (Å²) < 4.78 is 5.92. The number of carboxylic acid groups (broad SMARTS) is 1. The van der Waals surface area contributed by atoms with Gasteiger partial charge in [-0.25, -0.2) is 0 Å². The highest BCUT2D eigenvalue weighted by molar-refractivity contribution is 5.66. The van der Waals surface area contributed by atoms with Crippen LogP contribution in [0.3, 0.4) is 0 Å². The lowest BCUT2D eigenvalue weighted by atomic mass is 10.0. The fraction of sp³-hybridized carbons (Fsp3) is 0.552. The van der Waals surface area contributed by atoms with Crippen molar-refractivity contribution in [1.82, 2.24) is 0 Å². The highest BCUT2D eigenvalue weighted by Crippen LogP contribution is 2.23. The van der Waals surface area contributed by atoms with E-state index in [4.69, 9.17) is 9.84 Å². The second kappa shape index (κ2) is 16.4. The van der Waals surface area contributed by atoms with Crippen molar-refractivity contribution in [2.45, 2.75) is 96.8 Å². The number of carbonyl (C=O) groups is 1. The average molecular weight is 439 g/mol. The van der Waals surface area contributed by atoms with Crippen LogP contribution >= 0.6 is 0 Å². The number of carboxylic acids is 1. The quantitative estimate of drug-likeness (QED) is 0.237. The van der Waals surface area contributed by atoms with Gasteiger partial charge in [0.25, 0.3) is 0 Å². The van der Waals surface area contributed by atoms with E-state index in [1.165, 1.54) is 74.5 Å². The van der Waals surface area contributed by atoms with Crippen LogP contribution in [0.4, 0.5) is 0 Å². The Bertz CT molecular complexity index is 734. The standard InChI is InChI=1S/C29H42O3/c1-2-3-4-5-6-7-8-9-10-13-24-32-28-22-20-27(21-23-28)26-18-16-25(17-19-26)14-11-12-15-29(30)31/h16-23H,2-15,24H2,1H3,(H,30,31). The lowest BCUT2D eigenvalue weighted by Crippen LogP contribution is -1.97. The summed E-state index contributed by atoms with van der Waals surface area (Å²) >= 11 is 0. The third-order valence-electron chi connectivity index (χ3n) is 6.01. The minimum Gasteiger partial charge on any atom is -0.494 e. The Morgan fingerprint density at radius 3 is 1.78 bits per heavy atom. The molecule has 0 atom stereocenters. The molecule has 0 aliphatic carbocycles. The molecule has 0 aliphatic rings. The summed E-state index contributed by atoms with van der Waals surface area (Å²) in [6.45, 7) is 3.07. The zero-order chi connectivity index (χ0) is 22.9. The van der Waals surface area contributed by atoms with Crippen LogP contribution < -0.4 is 4.74 Å². The molecule has 0 radical (unpaired) electrons. The highest BCUT2D eigenvalue weighted by atomic mass is 16.5. The van der Waals surface area contributed by atoms with Crippen LogP contribution in [0.25, 0.3) is 11.1 Å². The highest BCUT2D eigenvalue weighted by Gasteiger charge is 2.02. The van der Waals surface area contributed by atoms with E-state index in [2.05, 4.69) is 55.5 Å². The van der Waals surface area contributed by atoms with Gasteiger partial charge in [0, 0.05) is 6.42 Å². The summed E-state index contributed by atoms with van der Waals surface area (Å²) in [5.74, 6) is 0.232. The zero-order valence-electron chi connectivity index (χ0n) is 20.0. The molecule has 3 heteroatoms. The zero-order valence-corrected chi connectivity index (χ0v) is 20.0. The van der Waals surface area contributed by atoms with Gasteiger partial charge in [0.15, 0.2) is 0 Å². The van der Waals surface area contributed by atoms with Crippen LogP contribution in [0.1, 0.15) is 96.0 Å². The molecule has 0 saturated heterocycles. The molecule has 2 rings (SSSR count). The van der Waals surface area contributed by atoms with Gasteiger partial charge >= 0.3 is 5.97 Å². The van der Waals surface area contributed by atoms with Crippen LogP contribution in [0.15, 0.2) is 48.5 Å². The number of aryl methyl sites for hydroxylation is 1. The Morgan fingerprint density at radius 1 is 0.688 bits per heavy atom. The van der Waals surface area contributed by atoms with E-state index in [9.17, 15) is 4.79 Å². The van der Waals surface area contributed by atoms with E-state index >= 15 is 0 Å². The lowest BCUT2D eigenvalue weighted by Gasteiger charge is -2.08.